The van der Waals surface area contributed by atoms with E-state index in [2.05, 4.69) is 4.98 Å². The number of hydrogen-bond donors (Lipinski definition) is 0. The average molecular weight is 350 g/mol. The number of fused-ring (bicyclic) bond motifs is 1. The zero-order valence-electron chi connectivity index (χ0n) is 14.3. The molecular weight excluding hydrogens is 329 g/mol. The zero-order chi connectivity index (χ0) is 18.2. The number of para-hydroxylation sites is 1. The van der Waals surface area contributed by atoms with E-state index in [0.29, 0.717) is 29.4 Å². The molecular formula is C19H21F3N2O. The number of rotatable bonds is 2. The summed E-state index contributed by atoms with van der Waals surface area (Å²) in [4.78, 5) is 18.9. The van der Waals surface area contributed by atoms with Crippen molar-refractivity contribution in [3.05, 3.63) is 41.6 Å². The Morgan fingerprint density at radius 1 is 1.28 bits per heavy atom. The average Bonchev–Trinajstić information content (AvgIpc) is 2.59. The molecule has 1 aliphatic rings. The van der Waals surface area contributed by atoms with Crippen LogP contribution in [0.15, 0.2) is 30.3 Å². The molecule has 0 N–H and O–H groups in total. The van der Waals surface area contributed by atoms with Crippen molar-refractivity contribution in [2.24, 2.45) is 5.92 Å². The number of likely N-dealkylation sites (tertiary alicyclic amines) is 1. The summed E-state index contributed by atoms with van der Waals surface area (Å²) in [7, 11) is 0. The highest BCUT2D eigenvalue weighted by Crippen LogP contribution is 2.34. The predicted octanol–water partition coefficient (Wildman–Crippen LogP) is 4.77. The highest BCUT2D eigenvalue weighted by molar-refractivity contribution is 6.06. The van der Waals surface area contributed by atoms with Crippen LogP contribution < -0.4 is 0 Å². The van der Waals surface area contributed by atoms with Crippen molar-refractivity contribution in [2.45, 2.75) is 38.8 Å². The number of aromatic nitrogens is 1. The van der Waals surface area contributed by atoms with Gasteiger partial charge in [0.25, 0.3) is 5.91 Å². The lowest BCUT2D eigenvalue weighted by Gasteiger charge is -2.34. The quantitative estimate of drug-likeness (QED) is 0.781. The molecule has 1 fully saturated rings. The second-order valence-electron chi connectivity index (χ2n) is 6.90. The molecule has 1 atom stereocenters. The molecule has 0 radical (unpaired) electrons. The minimum absolute atomic E-state index is 0.0849. The van der Waals surface area contributed by atoms with E-state index in [9.17, 15) is 18.0 Å². The molecule has 3 nitrogen and oxygen atoms in total. The Hall–Kier alpha value is -2.11. The van der Waals surface area contributed by atoms with Crippen LogP contribution in [0, 0.1) is 5.92 Å². The van der Waals surface area contributed by atoms with E-state index in [4.69, 9.17) is 0 Å². The van der Waals surface area contributed by atoms with Crippen LogP contribution in [-0.4, -0.2) is 35.1 Å². The summed E-state index contributed by atoms with van der Waals surface area (Å²) in [6.07, 6.45) is -3.81. The summed E-state index contributed by atoms with van der Waals surface area (Å²) in [5.41, 5.74) is 1.91. The van der Waals surface area contributed by atoms with E-state index >= 15 is 0 Å². The molecule has 2 aromatic rings. The van der Waals surface area contributed by atoms with E-state index in [1.165, 1.54) is 4.90 Å². The van der Waals surface area contributed by atoms with Crippen LogP contribution in [0.3, 0.4) is 0 Å². The van der Waals surface area contributed by atoms with Gasteiger partial charge in [0, 0.05) is 24.2 Å². The van der Waals surface area contributed by atoms with Crippen LogP contribution in [0.1, 0.15) is 48.7 Å². The molecule has 1 aromatic heterocycles. The summed E-state index contributed by atoms with van der Waals surface area (Å²) < 4.78 is 39.2. The number of carbonyl (C=O) groups excluding carboxylic acids is 1. The molecule has 134 valence electrons. The SMILES string of the molecule is CC(C)c1cc(C(=O)N2CCCC(C(F)(F)F)C2)c2ccccc2n1. The smallest absolute Gasteiger partial charge is 0.338 e. The number of hydrogen-bond acceptors (Lipinski definition) is 2. The Kier molecular flexibility index (Phi) is 4.71. The molecule has 3 rings (SSSR count). The van der Waals surface area contributed by atoms with Gasteiger partial charge in [-0.05, 0) is 30.9 Å². The maximum atomic E-state index is 13.1. The lowest BCUT2D eigenvalue weighted by molar-refractivity contribution is -0.184. The van der Waals surface area contributed by atoms with Crippen LogP contribution in [0.2, 0.25) is 0 Å². The fourth-order valence-corrected chi connectivity index (χ4v) is 3.27. The van der Waals surface area contributed by atoms with E-state index < -0.39 is 12.1 Å². The second kappa shape index (κ2) is 6.65. The van der Waals surface area contributed by atoms with Crippen LogP contribution in [0.25, 0.3) is 10.9 Å². The summed E-state index contributed by atoms with van der Waals surface area (Å²) >= 11 is 0. The number of piperidine rings is 1. The first-order valence-corrected chi connectivity index (χ1v) is 8.53. The summed E-state index contributed by atoms with van der Waals surface area (Å²) in [5, 5.41) is 0.686. The van der Waals surface area contributed by atoms with Crippen molar-refractivity contribution in [3.8, 4) is 0 Å². The molecule has 1 aromatic carbocycles. The molecule has 25 heavy (non-hydrogen) atoms. The van der Waals surface area contributed by atoms with Crippen LogP contribution in [0.5, 0.6) is 0 Å². The number of pyridine rings is 1. The van der Waals surface area contributed by atoms with Crippen molar-refractivity contribution < 1.29 is 18.0 Å². The van der Waals surface area contributed by atoms with Gasteiger partial charge in [-0.1, -0.05) is 32.0 Å². The number of benzene rings is 1. The largest absolute Gasteiger partial charge is 0.393 e. The Morgan fingerprint density at radius 3 is 2.68 bits per heavy atom. The maximum Gasteiger partial charge on any atom is 0.393 e. The van der Waals surface area contributed by atoms with Crippen LogP contribution in [0.4, 0.5) is 13.2 Å². The first-order valence-electron chi connectivity index (χ1n) is 8.53. The first kappa shape index (κ1) is 17.7. The minimum Gasteiger partial charge on any atom is -0.338 e. The third kappa shape index (κ3) is 3.62. The van der Waals surface area contributed by atoms with E-state index in [-0.39, 0.29) is 24.8 Å². The second-order valence-corrected chi connectivity index (χ2v) is 6.90. The number of halogens is 3. The Labute approximate surface area is 144 Å². The van der Waals surface area contributed by atoms with E-state index in [0.717, 1.165) is 5.69 Å². The fourth-order valence-electron chi connectivity index (χ4n) is 3.27. The standard InChI is InChI=1S/C19H21F3N2O/c1-12(2)17-10-15(14-7-3-4-8-16(14)23-17)18(25)24-9-5-6-13(11-24)19(20,21)22/h3-4,7-8,10,12-13H,5-6,9,11H2,1-2H3. The molecule has 0 bridgehead atoms. The van der Waals surface area contributed by atoms with Crippen molar-refractivity contribution in [1.82, 2.24) is 9.88 Å². The number of alkyl halides is 3. The van der Waals surface area contributed by atoms with Gasteiger partial charge in [0.1, 0.15) is 0 Å². The van der Waals surface area contributed by atoms with Crippen molar-refractivity contribution in [2.75, 3.05) is 13.1 Å². The van der Waals surface area contributed by atoms with E-state index in [1.54, 1.807) is 12.1 Å². The number of amides is 1. The van der Waals surface area contributed by atoms with E-state index in [1.807, 2.05) is 32.0 Å². The first-order chi connectivity index (χ1) is 11.8. The Balaban J connectivity index is 1.99. The van der Waals surface area contributed by atoms with Crippen LogP contribution >= 0.6 is 0 Å². The number of carbonyl (C=O) groups is 1. The highest BCUT2D eigenvalue weighted by Gasteiger charge is 2.42. The van der Waals surface area contributed by atoms with Gasteiger partial charge in [0.05, 0.1) is 17.0 Å². The predicted molar refractivity (Wildman–Crippen MR) is 90.5 cm³/mol. The van der Waals surface area contributed by atoms with Gasteiger partial charge in [-0.2, -0.15) is 13.2 Å². The Bertz CT molecular complexity index is 786. The summed E-state index contributed by atoms with van der Waals surface area (Å²) in [6.45, 7) is 4.05. The van der Waals surface area contributed by atoms with Gasteiger partial charge < -0.3 is 4.90 Å². The van der Waals surface area contributed by atoms with Gasteiger partial charge in [-0.25, -0.2) is 0 Å². The molecule has 1 unspecified atom stereocenters. The Morgan fingerprint density at radius 2 is 2.00 bits per heavy atom. The molecule has 1 saturated heterocycles. The highest BCUT2D eigenvalue weighted by atomic mass is 19.4. The molecule has 1 amide bonds. The maximum absolute atomic E-state index is 13.1. The molecule has 0 saturated carbocycles. The lowest BCUT2D eigenvalue weighted by Crippen LogP contribution is -2.44. The van der Waals surface area contributed by atoms with Gasteiger partial charge in [-0.3, -0.25) is 9.78 Å². The van der Waals surface area contributed by atoms with Gasteiger partial charge in [0.2, 0.25) is 0 Å². The molecule has 0 aliphatic carbocycles. The van der Waals surface area contributed by atoms with Gasteiger partial charge >= 0.3 is 6.18 Å². The monoisotopic (exact) mass is 350 g/mol. The van der Waals surface area contributed by atoms with Crippen molar-refractivity contribution in [1.29, 1.82) is 0 Å². The number of nitrogens with zero attached hydrogens (tertiary/aromatic N) is 2. The molecule has 6 heteroatoms. The summed E-state index contributed by atoms with van der Waals surface area (Å²) in [5.74, 6) is -1.65. The molecule has 1 aliphatic heterocycles. The van der Waals surface area contributed by atoms with Crippen molar-refractivity contribution in [3.63, 3.8) is 0 Å². The van der Waals surface area contributed by atoms with Crippen molar-refractivity contribution >= 4 is 16.8 Å². The lowest BCUT2D eigenvalue weighted by atomic mass is 9.96. The summed E-state index contributed by atoms with van der Waals surface area (Å²) in [6, 6.07) is 9.00. The minimum atomic E-state index is -4.26. The fraction of sp³-hybridized carbons (Fsp3) is 0.474. The van der Waals surface area contributed by atoms with Gasteiger partial charge in [-0.15, -0.1) is 0 Å². The van der Waals surface area contributed by atoms with Crippen LogP contribution in [-0.2, 0) is 0 Å². The third-order valence-electron chi connectivity index (χ3n) is 4.73. The topological polar surface area (TPSA) is 33.2 Å². The van der Waals surface area contributed by atoms with Gasteiger partial charge in [0.15, 0.2) is 0 Å². The zero-order valence-corrected chi connectivity index (χ0v) is 14.3. The molecule has 0 spiro atoms. The normalized spacial score (nSPS) is 18.8. The third-order valence-corrected chi connectivity index (χ3v) is 4.73. The molecule has 2 heterocycles.